The van der Waals surface area contributed by atoms with Crippen LogP contribution in [0.3, 0.4) is 0 Å². The van der Waals surface area contributed by atoms with Crippen LogP contribution in [0.5, 0.6) is 0 Å². The fourth-order valence-electron chi connectivity index (χ4n) is 1.65. The molecule has 0 aliphatic heterocycles. The number of hydrogen-bond acceptors (Lipinski definition) is 4. The van der Waals surface area contributed by atoms with Gasteiger partial charge in [-0.3, -0.25) is 4.79 Å². The highest BCUT2D eigenvalue weighted by molar-refractivity contribution is 9.10. The van der Waals surface area contributed by atoms with Gasteiger partial charge in [-0.15, -0.1) is 11.8 Å². The summed E-state index contributed by atoms with van der Waals surface area (Å²) in [5.74, 6) is 0.440. The number of hydrogen-bond donors (Lipinski definition) is 1. The van der Waals surface area contributed by atoms with Gasteiger partial charge in [-0.25, -0.2) is 0 Å². The number of rotatable bonds is 7. The molecule has 0 bridgehead atoms. The van der Waals surface area contributed by atoms with Crippen LogP contribution in [0.15, 0.2) is 33.6 Å². The number of carbonyl (C=O) groups excluding carboxylic acids is 1. The first-order valence-corrected chi connectivity index (χ1v) is 8.10. The van der Waals surface area contributed by atoms with Gasteiger partial charge in [-0.2, -0.15) is 0 Å². The molecule has 0 radical (unpaired) electrons. The van der Waals surface area contributed by atoms with Crippen molar-refractivity contribution in [1.29, 1.82) is 0 Å². The smallest absolute Gasteiger partial charge is 0.326 e. The number of ether oxygens (including phenoxy) is 1. The number of thioether (sulfide) groups is 1. The molecule has 3 nitrogen and oxygen atoms in total. The van der Waals surface area contributed by atoms with Crippen molar-refractivity contribution in [2.75, 3.05) is 18.9 Å². The Kier molecular flexibility index (Phi) is 6.89. The van der Waals surface area contributed by atoms with Crippen molar-refractivity contribution in [1.82, 2.24) is 5.32 Å². The summed E-state index contributed by atoms with van der Waals surface area (Å²) in [6.07, 6.45) is 0. The SMILES string of the molecule is CCNC(C)(CSc1cccc(Br)c1)C(=O)OCC. The van der Waals surface area contributed by atoms with Crippen LogP contribution in [-0.2, 0) is 9.53 Å². The molecule has 5 heteroatoms. The molecule has 1 unspecified atom stereocenters. The van der Waals surface area contributed by atoms with Crippen LogP contribution in [0.4, 0.5) is 0 Å². The predicted octanol–water partition coefficient (Wildman–Crippen LogP) is 3.47. The van der Waals surface area contributed by atoms with Crippen LogP contribution < -0.4 is 5.32 Å². The predicted molar refractivity (Wildman–Crippen MR) is 83.6 cm³/mol. The van der Waals surface area contributed by atoms with Gasteiger partial charge in [0.25, 0.3) is 0 Å². The average Bonchev–Trinajstić information content (AvgIpc) is 2.37. The molecule has 0 saturated heterocycles. The highest BCUT2D eigenvalue weighted by Gasteiger charge is 2.33. The van der Waals surface area contributed by atoms with Gasteiger partial charge in [0.05, 0.1) is 6.61 Å². The van der Waals surface area contributed by atoms with Crippen molar-refractivity contribution < 1.29 is 9.53 Å². The highest BCUT2D eigenvalue weighted by atomic mass is 79.9. The van der Waals surface area contributed by atoms with E-state index in [0.29, 0.717) is 12.4 Å². The zero-order valence-electron chi connectivity index (χ0n) is 11.5. The maximum atomic E-state index is 12.0. The number of carbonyl (C=O) groups is 1. The Morgan fingerprint density at radius 3 is 2.79 bits per heavy atom. The summed E-state index contributed by atoms with van der Waals surface area (Å²) in [5, 5.41) is 3.22. The number of halogens is 1. The number of benzene rings is 1. The van der Waals surface area contributed by atoms with Crippen LogP contribution in [0, 0.1) is 0 Å². The Labute approximate surface area is 127 Å². The van der Waals surface area contributed by atoms with E-state index in [4.69, 9.17) is 4.74 Å². The Morgan fingerprint density at radius 1 is 1.47 bits per heavy atom. The third-order valence-corrected chi connectivity index (χ3v) is 4.42. The Bertz CT molecular complexity index is 428. The van der Waals surface area contributed by atoms with E-state index in [9.17, 15) is 4.79 Å². The van der Waals surface area contributed by atoms with Gasteiger partial charge in [0.2, 0.25) is 0 Å². The van der Waals surface area contributed by atoms with Gasteiger partial charge >= 0.3 is 5.97 Å². The molecule has 0 amide bonds. The molecule has 0 aliphatic rings. The van der Waals surface area contributed by atoms with Crippen molar-refractivity contribution in [2.24, 2.45) is 0 Å². The second-order valence-corrected chi connectivity index (χ2v) is 6.29. The molecule has 106 valence electrons. The lowest BCUT2D eigenvalue weighted by Crippen LogP contribution is -2.52. The number of esters is 1. The first kappa shape index (κ1) is 16.5. The quantitative estimate of drug-likeness (QED) is 0.606. The number of nitrogens with one attached hydrogen (secondary N) is 1. The summed E-state index contributed by atoms with van der Waals surface area (Å²) in [5.41, 5.74) is -0.655. The lowest BCUT2D eigenvalue weighted by atomic mass is 10.1. The monoisotopic (exact) mass is 345 g/mol. The molecule has 0 fully saturated rings. The lowest BCUT2D eigenvalue weighted by Gasteiger charge is -2.27. The Hall–Kier alpha value is -0.520. The molecule has 19 heavy (non-hydrogen) atoms. The summed E-state index contributed by atoms with van der Waals surface area (Å²) in [4.78, 5) is 13.2. The van der Waals surface area contributed by atoms with Crippen LogP contribution in [0.25, 0.3) is 0 Å². The third kappa shape index (κ3) is 5.16. The van der Waals surface area contributed by atoms with E-state index in [0.717, 1.165) is 15.9 Å². The van der Waals surface area contributed by atoms with Gasteiger partial charge in [-0.1, -0.05) is 28.9 Å². The molecule has 0 spiro atoms. The molecule has 1 N–H and O–H groups in total. The van der Waals surface area contributed by atoms with E-state index >= 15 is 0 Å². The van der Waals surface area contributed by atoms with E-state index < -0.39 is 5.54 Å². The van der Waals surface area contributed by atoms with E-state index in [-0.39, 0.29) is 5.97 Å². The zero-order chi connectivity index (χ0) is 14.3. The van der Waals surface area contributed by atoms with Gasteiger partial charge in [-0.05, 0) is 38.6 Å². The summed E-state index contributed by atoms with van der Waals surface area (Å²) in [7, 11) is 0. The fraction of sp³-hybridized carbons (Fsp3) is 0.500. The van der Waals surface area contributed by atoms with Gasteiger partial charge < -0.3 is 10.1 Å². The fourth-order valence-corrected chi connectivity index (χ4v) is 3.26. The largest absolute Gasteiger partial charge is 0.465 e. The molecule has 1 aromatic rings. The second-order valence-electron chi connectivity index (χ2n) is 4.33. The molecular weight excluding hydrogens is 326 g/mol. The van der Waals surface area contributed by atoms with Crippen molar-refractivity contribution >= 4 is 33.7 Å². The average molecular weight is 346 g/mol. The summed E-state index contributed by atoms with van der Waals surface area (Å²) in [6, 6.07) is 8.05. The van der Waals surface area contributed by atoms with Gasteiger partial charge in [0, 0.05) is 15.1 Å². The highest BCUT2D eigenvalue weighted by Crippen LogP contribution is 2.26. The lowest BCUT2D eigenvalue weighted by molar-refractivity contribution is -0.149. The first-order valence-electron chi connectivity index (χ1n) is 6.32. The molecule has 0 heterocycles. The molecule has 1 atom stereocenters. The maximum Gasteiger partial charge on any atom is 0.326 e. The van der Waals surface area contributed by atoms with Crippen LogP contribution in [0.2, 0.25) is 0 Å². The molecule has 0 saturated carbocycles. The van der Waals surface area contributed by atoms with E-state index in [2.05, 4.69) is 21.2 Å². The van der Waals surface area contributed by atoms with Crippen molar-refractivity contribution in [2.45, 2.75) is 31.2 Å². The third-order valence-electron chi connectivity index (χ3n) is 2.62. The van der Waals surface area contributed by atoms with E-state index in [1.807, 2.05) is 45.0 Å². The van der Waals surface area contributed by atoms with Crippen molar-refractivity contribution in [3.05, 3.63) is 28.7 Å². The topological polar surface area (TPSA) is 38.3 Å². The summed E-state index contributed by atoms with van der Waals surface area (Å²) >= 11 is 5.09. The Balaban J connectivity index is 2.70. The number of likely N-dealkylation sites (N-methyl/N-ethyl adjacent to an activating group) is 1. The maximum absolute atomic E-state index is 12.0. The summed E-state index contributed by atoms with van der Waals surface area (Å²) < 4.78 is 6.19. The van der Waals surface area contributed by atoms with Gasteiger partial charge in [0.15, 0.2) is 0 Å². The standard InChI is InChI=1S/C14H20BrNO2S/c1-4-16-14(3,13(17)18-5-2)10-19-12-8-6-7-11(15)9-12/h6-9,16H,4-5,10H2,1-3H3. The first-order chi connectivity index (χ1) is 9.01. The van der Waals surface area contributed by atoms with Crippen LogP contribution >= 0.6 is 27.7 Å². The van der Waals surface area contributed by atoms with Gasteiger partial charge in [0.1, 0.15) is 5.54 Å². The molecule has 0 aromatic heterocycles. The Morgan fingerprint density at radius 2 is 2.21 bits per heavy atom. The minimum absolute atomic E-state index is 0.195. The van der Waals surface area contributed by atoms with E-state index in [1.54, 1.807) is 11.8 Å². The molecule has 0 aliphatic carbocycles. The normalized spacial score (nSPS) is 13.9. The molecular formula is C14H20BrNO2S. The molecule has 1 aromatic carbocycles. The summed E-state index contributed by atoms with van der Waals surface area (Å²) in [6.45, 7) is 6.84. The molecule has 1 rings (SSSR count). The van der Waals surface area contributed by atoms with Crippen molar-refractivity contribution in [3.8, 4) is 0 Å². The van der Waals surface area contributed by atoms with E-state index in [1.165, 1.54) is 0 Å². The van der Waals surface area contributed by atoms with Crippen LogP contribution in [-0.4, -0.2) is 30.4 Å². The van der Waals surface area contributed by atoms with Crippen LogP contribution in [0.1, 0.15) is 20.8 Å². The minimum Gasteiger partial charge on any atom is -0.465 e. The second kappa shape index (κ2) is 7.92. The minimum atomic E-state index is -0.655. The van der Waals surface area contributed by atoms with Crippen molar-refractivity contribution in [3.63, 3.8) is 0 Å². The zero-order valence-corrected chi connectivity index (χ0v) is 13.9.